The Morgan fingerprint density at radius 1 is 1.04 bits per heavy atom. The standard InChI is InChI=1S/C18H15F4N3O/c1-2-9-23-15-8-5-12(10-14(15)18(20,21)22)16-24-17(26-25-16)11-3-6-13(19)7-4-11/h3-8,10,23H,2,9H2,1H3. The first-order chi connectivity index (χ1) is 12.4. The summed E-state index contributed by atoms with van der Waals surface area (Å²) in [6.07, 6.45) is -3.82. The predicted octanol–water partition coefficient (Wildman–Crippen LogP) is 5.38. The van der Waals surface area contributed by atoms with Crippen LogP contribution in [0.3, 0.4) is 0 Å². The molecule has 0 aliphatic carbocycles. The Labute approximate surface area is 146 Å². The highest BCUT2D eigenvalue weighted by Gasteiger charge is 2.34. The SMILES string of the molecule is CCCNc1ccc(-c2noc(-c3ccc(F)cc3)n2)cc1C(F)(F)F. The molecule has 0 fully saturated rings. The van der Waals surface area contributed by atoms with E-state index in [9.17, 15) is 17.6 Å². The number of anilines is 1. The molecule has 3 aromatic rings. The zero-order chi connectivity index (χ0) is 18.7. The molecular formula is C18H15F4N3O. The lowest BCUT2D eigenvalue weighted by atomic mass is 10.1. The maximum Gasteiger partial charge on any atom is 0.418 e. The van der Waals surface area contributed by atoms with E-state index < -0.39 is 17.6 Å². The molecule has 0 amide bonds. The number of nitrogens with zero attached hydrogens (tertiary/aromatic N) is 2. The summed E-state index contributed by atoms with van der Waals surface area (Å²) >= 11 is 0. The van der Waals surface area contributed by atoms with Crippen LogP contribution in [0.4, 0.5) is 23.2 Å². The van der Waals surface area contributed by atoms with Crippen molar-refractivity contribution in [1.29, 1.82) is 0 Å². The number of halogens is 4. The lowest BCUT2D eigenvalue weighted by molar-refractivity contribution is -0.136. The van der Waals surface area contributed by atoms with E-state index in [4.69, 9.17) is 4.52 Å². The van der Waals surface area contributed by atoms with Crippen LogP contribution >= 0.6 is 0 Å². The second kappa shape index (κ2) is 7.15. The number of rotatable bonds is 5. The van der Waals surface area contributed by atoms with Crippen LogP contribution in [0.25, 0.3) is 22.8 Å². The summed E-state index contributed by atoms with van der Waals surface area (Å²) in [5, 5.41) is 6.50. The molecule has 4 nitrogen and oxygen atoms in total. The fraction of sp³-hybridized carbons (Fsp3) is 0.222. The van der Waals surface area contributed by atoms with Gasteiger partial charge in [-0.05, 0) is 48.9 Å². The van der Waals surface area contributed by atoms with Crippen LogP contribution < -0.4 is 5.32 Å². The highest BCUT2D eigenvalue weighted by Crippen LogP contribution is 2.37. The molecule has 1 heterocycles. The molecule has 2 aromatic carbocycles. The molecule has 136 valence electrons. The summed E-state index contributed by atoms with van der Waals surface area (Å²) < 4.78 is 58.1. The van der Waals surface area contributed by atoms with Crippen molar-refractivity contribution in [2.75, 3.05) is 11.9 Å². The van der Waals surface area contributed by atoms with E-state index in [1.54, 1.807) is 0 Å². The molecule has 3 rings (SSSR count). The van der Waals surface area contributed by atoms with Crippen molar-refractivity contribution in [2.45, 2.75) is 19.5 Å². The Morgan fingerprint density at radius 2 is 1.73 bits per heavy atom. The van der Waals surface area contributed by atoms with E-state index in [0.29, 0.717) is 18.5 Å². The molecule has 0 aliphatic heterocycles. The largest absolute Gasteiger partial charge is 0.418 e. The first-order valence-electron chi connectivity index (χ1n) is 7.93. The molecule has 0 unspecified atom stereocenters. The predicted molar refractivity (Wildman–Crippen MR) is 88.9 cm³/mol. The minimum Gasteiger partial charge on any atom is -0.385 e. The average Bonchev–Trinajstić information content (AvgIpc) is 3.09. The molecule has 0 spiro atoms. The number of alkyl halides is 3. The maximum absolute atomic E-state index is 13.3. The number of hydrogen-bond donors (Lipinski definition) is 1. The Morgan fingerprint density at radius 3 is 2.38 bits per heavy atom. The van der Waals surface area contributed by atoms with Gasteiger partial charge in [0.2, 0.25) is 5.82 Å². The molecular weight excluding hydrogens is 350 g/mol. The van der Waals surface area contributed by atoms with Gasteiger partial charge >= 0.3 is 6.18 Å². The van der Waals surface area contributed by atoms with E-state index in [1.807, 2.05) is 6.92 Å². The van der Waals surface area contributed by atoms with E-state index >= 15 is 0 Å². The summed E-state index contributed by atoms with van der Waals surface area (Å²) in [4.78, 5) is 4.11. The Bertz CT molecular complexity index is 888. The van der Waals surface area contributed by atoms with Crippen molar-refractivity contribution in [3.63, 3.8) is 0 Å². The van der Waals surface area contributed by atoms with Crippen molar-refractivity contribution in [1.82, 2.24) is 10.1 Å². The first kappa shape index (κ1) is 17.9. The normalized spacial score (nSPS) is 11.6. The molecule has 26 heavy (non-hydrogen) atoms. The summed E-state index contributed by atoms with van der Waals surface area (Å²) in [6, 6.07) is 9.19. The Kier molecular flexibility index (Phi) is 4.92. The summed E-state index contributed by atoms with van der Waals surface area (Å²) in [5.41, 5.74) is -0.138. The molecule has 0 atom stereocenters. The molecule has 1 aromatic heterocycles. The van der Waals surface area contributed by atoms with Gasteiger partial charge in [-0.15, -0.1) is 0 Å². The van der Waals surface area contributed by atoms with E-state index in [0.717, 1.165) is 6.07 Å². The third-order valence-electron chi connectivity index (χ3n) is 3.67. The number of aromatic nitrogens is 2. The van der Waals surface area contributed by atoms with Crippen molar-refractivity contribution in [2.24, 2.45) is 0 Å². The number of hydrogen-bond acceptors (Lipinski definition) is 4. The number of benzene rings is 2. The molecule has 0 saturated heterocycles. The fourth-order valence-corrected chi connectivity index (χ4v) is 2.38. The number of nitrogens with one attached hydrogen (secondary N) is 1. The zero-order valence-electron chi connectivity index (χ0n) is 13.8. The molecule has 1 N–H and O–H groups in total. The van der Waals surface area contributed by atoms with Gasteiger partial charge in [-0.2, -0.15) is 18.2 Å². The van der Waals surface area contributed by atoms with Crippen LogP contribution in [0.15, 0.2) is 47.0 Å². The smallest absolute Gasteiger partial charge is 0.385 e. The molecule has 0 bridgehead atoms. The topological polar surface area (TPSA) is 51.0 Å². The van der Waals surface area contributed by atoms with Crippen molar-refractivity contribution >= 4 is 5.69 Å². The average molecular weight is 365 g/mol. The van der Waals surface area contributed by atoms with Crippen molar-refractivity contribution in [3.8, 4) is 22.8 Å². The van der Waals surface area contributed by atoms with Crippen LogP contribution in [0.2, 0.25) is 0 Å². The summed E-state index contributed by atoms with van der Waals surface area (Å²) in [7, 11) is 0. The lowest BCUT2D eigenvalue weighted by Crippen LogP contribution is -2.11. The van der Waals surface area contributed by atoms with Gasteiger partial charge in [-0.25, -0.2) is 4.39 Å². The zero-order valence-corrected chi connectivity index (χ0v) is 13.8. The maximum atomic E-state index is 13.3. The lowest BCUT2D eigenvalue weighted by Gasteiger charge is -2.15. The molecule has 0 saturated carbocycles. The first-order valence-corrected chi connectivity index (χ1v) is 7.93. The van der Waals surface area contributed by atoms with Crippen molar-refractivity contribution in [3.05, 3.63) is 53.8 Å². The summed E-state index contributed by atoms with van der Waals surface area (Å²) in [5.74, 6) is -0.294. The quantitative estimate of drug-likeness (QED) is 0.617. The third kappa shape index (κ3) is 3.84. The van der Waals surface area contributed by atoms with E-state index in [1.165, 1.54) is 36.4 Å². The van der Waals surface area contributed by atoms with Gasteiger partial charge < -0.3 is 9.84 Å². The molecule has 0 aliphatic rings. The van der Waals surface area contributed by atoms with Gasteiger partial charge in [0.25, 0.3) is 5.89 Å². The Balaban J connectivity index is 1.95. The fourth-order valence-electron chi connectivity index (χ4n) is 2.38. The third-order valence-corrected chi connectivity index (χ3v) is 3.67. The highest BCUT2D eigenvalue weighted by atomic mass is 19.4. The van der Waals surface area contributed by atoms with Gasteiger partial charge in [0.15, 0.2) is 0 Å². The molecule has 8 heteroatoms. The Hall–Kier alpha value is -2.90. The van der Waals surface area contributed by atoms with Crippen LogP contribution in [0.1, 0.15) is 18.9 Å². The summed E-state index contributed by atoms with van der Waals surface area (Å²) in [6.45, 7) is 2.30. The minimum absolute atomic E-state index is 0.00496. The van der Waals surface area contributed by atoms with Crippen LogP contribution in [-0.4, -0.2) is 16.7 Å². The second-order valence-corrected chi connectivity index (χ2v) is 5.61. The minimum atomic E-state index is -4.52. The van der Waals surface area contributed by atoms with Crippen LogP contribution in [-0.2, 0) is 6.18 Å². The van der Waals surface area contributed by atoms with Gasteiger partial charge in [0, 0.05) is 23.4 Å². The molecule has 0 radical (unpaired) electrons. The van der Waals surface area contributed by atoms with Gasteiger partial charge in [-0.3, -0.25) is 0 Å². The van der Waals surface area contributed by atoms with Crippen LogP contribution in [0, 0.1) is 5.82 Å². The van der Waals surface area contributed by atoms with Gasteiger partial charge in [-0.1, -0.05) is 12.1 Å². The highest BCUT2D eigenvalue weighted by molar-refractivity contribution is 5.66. The van der Waals surface area contributed by atoms with E-state index in [-0.39, 0.29) is 23.0 Å². The van der Waals surface area contributed by atoms with Crippen LogP contribution in [0.5, 0.6) is 0 Å². The van der Waals surface area contributed by atoms with Crippen molar-refractivity contribution < 1.29 is 22.1 Å². The second-order valence-electron chi connectivity index (χ2n) is 5.61. The van der Waals surface area contributed by atoms with E-state index in [2.05, 4.69) is 15.5 Å². The monoisotopic (exact) mass is 365 g/mol. The van der Waals surface area contributed by atoms with Gasteiger partial charge in [0.05, 0.1) is 5.56 Å². The van der Waals surface area contributed by atoms with Gasteiger partial charge in [0.1, 0.15) is 5.82 Å².